The number of furan rings is 1. The Morgan fingerprint density at radius 2 is 2.05 bits per heavy atom. The van der Waals surface area contributed by atoms with Gasteiger partial charge in [-0.05, 0) is 26.0 Å². The Bertz CT molecular complexity index is 738. The number of halogens is 1. The third kappa shape index (κ3) is 2.68. The Morgan fingerprint density at radius 1 is 1.35 bits per heavy atom. The molecule has 0 spiro atoms. The van der Waals surface area contributed by atoms with Crippen molar-refractivity contribution in [3.63, 3.8) is 0 Å². The van der Waals surface area contributed by atoms with Gasteiger partial charge in [0.1, 0.15) is 22.2 Å². The van der Waals surface area contributed by atoms with E-state index in [1.807, 2.05) is 0 Å². The Balaban J connectivity index is 2.40. The third-order valence-electron chi connectivity index (χ3n) is 2.93. The zero-order chi connectivity index (χ0) is 14.9. The van der Waals surface area contributed by atoms with Crippen LogP contribution in [0.5, 0.6) is 0 Å². The minimum absolute atomic E-state index is 0.00149. The largest absolute Gasteiger partial charge is 0.464 e. The fourth-order valence-corrected chi connectivity index (χ4v) is 3.14. The van der Waals surface area contributed by atoms with Crippen molar-refractivity contribution in [1.29, 1.82) is 0 Å². The van der Waals surface area contributed by atoms with E-state index >= 15 is 0 Å². The average Bonchev–Trinajstić information content (AvgIpc) is 2.77. The lowest BCUT2D eigenvalue weighted by atomic mass is 10.2. The van der Waals surface area contributed by atoms with Crippen molar-refractivity contribution in [2.45, 2.75) is 25.3 Å². The van der Waals surface area contributed by atoms with Crippen LogP contribution in [-0.2, 0) is 16.6 Å². The molecule has 0 amide bonds. The molecule has 0 fully saturated rings. The molecule has 0 unspecified atom stereocenters. The van der Waals surface area contributed by atoms with E-state index in [4.69, 9.17) is 10.2 Å². The number of nitrogens with one attached hydrogen (secondary N) is 1. The molecule has 0 aliphatic rings. The van der Waals surface area contributed by atoms with Crippen LogP contribution in [0.15, 0.2) is 33.6 Å². The topological polar surface area (TPSA) is 85.3 Å². The van der Waals surface area contributed by atoms with Crippen molar-refractivity contribution < 1.29 is 17.2 Å². The highest BCUT2D eigenvalue weighted by Gasteiger charge is 2.22. The summed E-state index contributed by atoms with van der Waals surface area (Å²) in [6.45, 7) is 3.14. The molecule has 0 aliphatic heterocycles. The second kappa shape index (κ2) is 5.26. The lowest BCUT2D eigenvalue weighted by molar-refractivity contribution is 0.479. The van der Waals surface area contributed by atoms with E-state index in [1.54, 1.807) is 0 Å². The Morgan fingerprint density at radius 3 is 2.65 bits per heavy atom. The van der Waals surface area contributed by atoms with E-state index < -0.39 is 15.8 Å². The molecular formula is C13H15FN2O3S. The van der Waals surface area contributed by atoms with Crippen LogP contribution < -0.4 is 10.5 Å². The standard InChI is InChI=1S/C13H15FN2O3S/c1-8-11(14)4-3-5-12(8)16-20(17,18)13-6-10(7-15)19-9(13)2/h3-6,16H,7,15H2,1-2H3. The maximum Gasteiger partial charge on any atom is 0.265 e. The number of sulfonamides is 1. The van der Waals surface area contributed by atoms with Crippen molar-refractivity contribution in [3.05, 3.63) is 47.2 Å². The van der Waals surface area contributed by atoms with Crippen molar-refractivity contribution >= 4 is 15.7 Å². The summed E-state index contributed by atoms with van der Waals surface area (Å²) in [7, 11) is -3.84. The van der Waals surface area contributed by atoms with Gasteiger partial charge in [-0.3, -0.25) is 4.72 Å². The molecule has 5 nitrogen and oxygen atoms in total. The van der Waals surface area contributed by atoms with Crippen molar-refractivity contribution in [2.75, 3.05) is 4.72 Å². The predicted octanol–water partition coefficient (Wildman–Crippen LogP) is 2.30. The molecule has 0 bridgehead atoms. The van der Waals surface area contributed by atoms with Gasteiger partial charge in [0.2, 0.25) is 0 Å². The van der Waals surface area contributed by atoms with E-state index in [0.29, 0.717) is 5.76 Å². The molecule has 20 heavy (non-hydrogen) atoms. The maximum atomic E-state index is 13.4. The van der Waals surface area contributed by atoms with Gasteiger partial charge in [0.25, 0.3) is 10.0 Å². The molecule has 1 aromatic carbocycles. The average molecular weight is 298 g/mol. The van der Waals surface area contributed by atoms with Crippen molar-refractivity contribution in [2.24, 2.45) is 5.73 Å². The van der Waals surface area contributed by atoms with Gasteiger partial charge in [-0.1, -0.05) is 6.07 Å². The predicted molar refractivity (Wildman–Crippen MR) is 73.3 cm³/mol. The second-order valence-electron chi connectivity index (χ2n) is 4.36. The van der Waals surface area contributed by atoms with E-state index in [9.17, 15) is 12.8 Å². The van der Waals surface area contributed by atoms with E-state index in [2.05, 4.69) is 4.72 Å². The first-order valence-corrected chi connectivity index (χ1v) is 7.41. The highest BCUT2D eigenvalue weighted by Crippen LogP contribution is 2.25. The quantitative estimate of drug-likeness (QED) is 0.907. The van der Waals surface area contributed by atoms with Gasteiger partial charge in [0.05, 0.1) is 12.2 Å². The van der Waals surface area contributed by atoms with E-state index in [-0.39, 0.29) is 28.5 Å². The van der Waals surface area contributed by atoms with Crippen LogP contribution >= 0.6 is 0 Å². The second-order valence-corrected chi connectivity index (χ2v) is 6.01. The molecule has 2 rings (SSSR count). The van der Waals surface area contributed by atoms with Crippen molar-refractivity contribution in [1.82, 2.24) is 0 Å². The summed E-state index contributed by atoms with van der Waals surface area (Å²) >= 11 is 0. The maximum absolute atomic E-state index is 13.4. The molecule has 108 valence electrons. The zero-order valence-corrected chi connectivity index (χ0v) is 11.9. The minimum Gasteiger partial charge on any atom is -0.464 e. The zero-order valence-electron chi connectivity index (χ0n) is 11.1. The molecule has 0 saturated carbocycles. The van der Waals surface area contributed by atoms with Crippen LogP contribution in [0.1, 0.15) is 17.1 Å². The molecule has 3 N–H and O–H groups in total. The Labute approximate surface area is 116 Å². The first kappa shape index (κ1) is 14.5. The lowest BCUT2D eigenvalue weighted by Gasteiger charge is -2.10. The molecule has 0 saturated heterocycles. The summed E-state index contributed by atoms with van der Waals surface area (Å²) in [5.41, 5.74) is 5.84. The molecule has 0 radical (unpaired) electrons. The Kier molecular flexibility index (Phi) is 3.82. The molecule has 1 aromatic heterocycles. The SMILES string of the molecule is Cc1oc(CN)cc1S(=O)(=O)Nc1cccc(F)c1C. The van der Waals surface area contributed by atoms with Gasteiger partial charge in [0.15, 0.2) is 0 Å². The molecule has 1 heterocycles. The van der Waals surface area contributed by atoms with E-state index in [1.165, 1.54) is 38.1 Å². The molecule has 0 aliphatic carbocycles. The molecular weight excluding hydrogens is 283 g/mol. The summed E-state index contributed by atoms with van der Waals surface area (Å²) in [5.74, 6) is 0.141. The summed E-state index contributed by atoms with van der Waals surface area (Å²) in [6, 6.07) is 5.57. The third-order valence-corrected chi connectivity index (χ3v) is 4.40. The van der Waals surface area contributed by atoms with Crippen LogP contribution in [0.2, 0.25) is 0 Å². The van der Waals surface area contributed by atoms with Gasteiger partial charge in [-0.15, -0.1) is 0 Å². The summed E-state index contributed by atoms with van der Waals surface area (Å²) < 4.78 is 45.6. The highest BCUT2D eigenvalue weighted by atomic mass is 32.2. The van der Waals surface area contributed by atoms with Crippen LogP contribution in [-0.4, -0.2) is 8.42 Å². The fourth-order valence-electron chi connectivity index (χ4n) is 1.81. The van der Waals surface area contributed by atoms with Crippen LogP contribution in [0.25, 0.3) is 0 Å². The van der Waals surface area contributed by atoms with Gasteiger partial charge < -0.3 is 10.2 Å². The molecule has 2 aromatic rings. The number of nitrogens with two attached hydrogens (primary N) is 1. The summed E-state index contributed by atoms with van der Waals surface area (Å²) in [5, 5.41) is 0. The number of anilines is 1. The van der Waals surface area contributed by atoms with E-state index in [0.717, 1.165) is 0 Å². The van der Waals surface area contributed by atoms with Crippen LogP contribution in [0, 0.1) is 19.7 Å². The normalized spacial score (nSPS) is 11.6. The molecule has 0 atom stereocenters. The summed E-state index contributed by atoms with van der Waals surface area (Å²) in [6.07, 6.45) is 0. The van der Waals surface area contributed by atoms with Gasteiger partial charge in [-0.2, -0.15) is 0 Å². The number of benzene rings is 1. The van der Waals surface area contributed by atoms with Gasteiger partial charge >= 0.3 is 0 Å². The lowest BCUT2D eigenvalue weighted by Crippen LogP contribution is -2.14. The first-order chi connectivity index (χ1) is 9.35. The fraction of sp³-hybridized carbons (Fsp3) is 0.231. The van der Waals surface area contributed by atoms with Gasteiger partial charge in [-0.25, -0.2) is 12.8 Å². The first-order valence-electron chi connectivity index (χ1n) is 5.92. The Hall–Kier alpha value is -1.86. The number of aryl methyl sites for hydroxylation is 1. The molecule has 7 heteroatoms. The van der Waals surface area contributed by atoms with Crippen molar-refractivity contribution in [3.8, 4) is 0 Å². The van der Waals surface area contributed by atoms with Gasteiger partial charge in [0, 0.05) is 11.6 Å². The van der Waals surface area contributed by atoms with Crippen LogP contribution in [0.4, 0.5) is 10.1 Å². The highest BCUT2D eigenvalue weighted by molar-refractivity contribution is 7.92. The number of hydrogen-bond donors (Lipinski definition) is 2. The number of hydrogen-bond acceptors (Lipinski definition) is 4. The minimum atomic E-state index is -3.84. The summed E-state index contributed by atoms with van der Waals surface area (Å²) in [4.78, 5) is 0.00149. The monoisotopic (exact) mass is 298 g/mol. The van der Waals surface area contributed by atoms with Crippen LogP contribution in [0.3, 0.4) is 0 Å². The smallest absolute Gasteiger partial charge is 0.265 e. The number of rotatable bonds is 4.